The second kappa shape index (κ2) is 9.97. The average molecular weight is 394 g/mol. The van der Waals surface area contributed by atoms with Crippen LogP contribution in [0.5, 0.6) is 0 Å². The van der Waals surface area contributed by atoms with Gasteiger partial charge in [-0.25, -0.2) is 4.68 Å². The number of likely N-dealkylation sites (tertiary alicyclic amines) is 1. The molecule has 0 radical (unpaired) electrons. The number of aromatic nitrogens is 2. The van der Waals surface area contributed by atoms with Crippen LogP contribution in [-0.4, -0.2) is 46.8 Å². The Morgan fingerprint density at radius 1 is 1.31 bits per heavy atom. The molecule has 7 heteroatoms. The monoisotopic (exact) mass is 393 g/mol. The van der Waals surface area contributed by atoms with E-state index in [9.17, 15) is 5.26 Å². The Morgan fingerprint density at radius 3 is 2.69 bits per heavy atom. The van der Waals surface area contributed by atoms with Gasteiger partial charge in [-0.2, -0.15) is 10.4 Å². The molecule has 1 aliphatic heterocycles. The molecule has 29 heavy (non-hydrogen) atoms. The van der Waals surface area contributed by atoms with E-state index in [0.717, 1.165) is 49.3 Å². The number of hydrogen-bond donors (Lipinski definition) is 2. The second-order valence-corrected chi connectivity index (χ2v) is 7.57. The highest BCUT2D eigenvalue weighted by Gasteiger charge is 2.19. The molecule has 2 aromatic rings. The van der Waals surface area contributed by atoms with E-state index >= 15 is 0 Å². The zero-order valence-corrected chi connectivity index (χ0v) is 17.4. The normalized spacial score (nSPS) is 15.3. The van der Waals surface area contributed by atoms with Crippen molar-refractivity contribution >= 4 is 11.8 Å². The Bertz CT molecular complexity index is 855. The fraction of sp³-hybridized carbons (Fsp3) is 0.500. The summed E-state index contributed by atoms with van der Waals surface area (Å²) in [6.07, 6.45) is 3.92. The summed E-state index contributed by atoms with van der Waals surface area (Å²) in [5, 5.41) is 17.5. The lowest BCUT2D eigenvalue weighted by Crippen LogP contribution is -2.45. The molecule has 1 aromatic carbocycles. The van der Waals surface area contributed by atoms with Gasteiger partial charge in [-0.15, -0.1) is 0 Å². The molecule has 154 valence electrons. The van der Waals surface area contributed by atoms with Crippen LogP contribution in [0.25, 0.3) is 5.69 Å². The summed E-state index contributed by atoms with van der Waals surface area (Å²) in [4.78, 5) is 7.16. The number of nitriles is 1. The van der Waals surface area contributed by atoms with Crippen LogP contribution in [0.1, 0.15) is 44.4 Å². The third kappa shape index (κ3) is 5.08. The predicted molar refractivity (Wildman–Crippen MR) is 117 cm³/mol. The first-order valence-electron chi connectivity index (χ1n) is 10.5. The molecule has 1 aromatic heterocycles. The number of para-hydroxylation sites is 1. The molecule has 0 spiro atoms. The molecule has 1 saturated heterocycles. The Balaban J connectivity index is 1.65. The van der Waals surface area contributed by atoms with Gasteiger partial charge in [0.05, 0.1) is 11.4 Å². The molecule has 2 heterocycles. The Labute approximate surface area is 173 Å². The number of aliphatic imine (C=N–C) groups is 1. The van der Waals surface area contributed by atoms with E-state index in [1.807, 2.05) is 30.3 Å². The van der Waals surface area contributed by atoms with Gasteiger partial charge in [-0.05, 0) is 50.7 Å². The summed E-state index contributed by atoms with van der Waals surface area (Å²) in [6.45, 7) is 8.08. The molecule has 3 rings (SSSR count). The first kappa shape index (κ1) is 20.7. The van der Waals surface area contributed by atoms with Gasteiger partial charge in [-0.3, -0.25) is 4.99 Å². The summed E-state index contributed by atoms with van der Waals surface area (Å²) >= 11 is 0. The highest BCUT2D eigenvalue weighted by molar-refractivity contribution is 5.80. The van der Waals surface area contributed by atoms with Gasteiger partial charge in [-0.1, -0.05) is 25.1 Å². The van der Waals surface area contributed by atoms with E-state index < -0.39 is 0 Å². The van der Waals surface area contributed by atoms with Crippen LogP contribution in [0.4, 0.5) is 5.82 Å². The molecule has 0 saturated carbocycles. The van der Waals surface area contributed by atoms with Crippen LogP contribution in [0.15, 0.2) is 35.3 Å². The zero-order valence-electron chi connectivity index (χ0n) is 17.4. The van der Waals surface area contributed by atoms with Gasteiger partial charge in [0.2, 0.25) is 0 Å². The molecule has 1 aliphatic rings. The standard InChI is InChI=1S/C22H31N7/c1-3-25-22(28-14-11-17(2)12-15-28)26-13-7-10-20-19(16-23)21(24)29(27-20)18-8-5-4-6-9-18/h4-6,8-9,17H,3,7,10-15,24H2,1-2H3,(H,25,26). The minimum atomic E-state index is 0.396. The molecule has 0 aliphatic carbocycles. The van der Waals surface area contributed by atoms with Crippen LogP contribution >= 0.6 is 0 Å². The third-order valence-electron chi connectivity index (χ3n) is 5.36. The Kier molecular flexibility index (Phi) is 7.12. The second-order valence-electron chi connectivity index (χ2n) is 7.57. The first-order chi connectivity index (χ1) is 14.1. The number of guanidine groups is 1. The summed E-state index contributed by atoms with van der Waals surface area (Å²) < 4.78 is 1.65. The van der Waals surface area contributed by atoms with Crippen molar-refractivity contribution in [2.75, 3.05) is 31.9 Å². The molecular weight excluding hydrogens is 362 g/mol. The largest absolute Gasteiger partial charge is 0.382 e. The van der Waals surface area contributed by atoms with E-state index in [2.05, 4.69) is 35.2 Å². The van der Waals surface area contributed by atoms with Crippen molar-refractivity contribution in [2.24, 2.45) is 10.9 Å². The maximum absolute atomic E-state index is 9.54. The van der Waals surface area contributed by atoms with Crippen LogP contribution in [0.3, 0.4) is 0 Å². The van der Waals surface area contributed by atoms with Crippen molar-refractivity contribution in [1.82, 2.24) is 20.0 Å². The number of nitrogen functional groups attached to an aromatic ring is 1. The maximum Gasteiger partial charge on any atom is 0.193 e. The van der Waals surface area contributed by atoms with E-state index in [0.29, 0.717) is 24.3 Å². The predicted octanol–water partition coefficient (Wildman–Crippen LogP) is 2.96. The number of piperidine rings is 1. The number of anilines is 1. The van der Waals surface area contributed by atoms with Crippen LogP contribution in [0.2, 0.25) is 0 Å². The van der Waals surface area contributed by atoms with Crippen LogP contribution in [-0.2, 0) is 6.42 Å². The number of aryl methyl sites for hydroxylation is 1. The number of hydrogen-bond acceptors (Lipinski definition) is 4. The van der Waals surface area contributed by atoms with Gasteiger partial charge in [0.1, 0.15) is 17.5 Å². The first-order valence-corrected chi connectivity index (χ1v) is 10.5. The highest BCUT2D eigenvalue weighted by atomic mass is 15.3. The average Bonchev–Trinajstić information content (AvgIpc) is 3.07. The SMILES string of the molecule is CCNC(=NCCCc1nn(-c2ccccc2)c(N)c1C#N)N1CCC(C)CC1. The number of nitrogens with zero attached hydrogens (tertiary/aromatic N) is 5. The minimum Gasteiger partial charge on any atom is -0.382 e. The third-order valence-corrected chi connectivity index (χ3v) is 5.36. The molecule has 0 amide bonds. The smallest absolute Gasteiger partial charge is 0.193 e. The molecular formula is C22H31N7. The topological polar surface area (TPSA) is 95.3 Å². The molecule has 0 bridgehead atoms. The Hall–Kier alpha value is -3.01. The molecule has 7 nitrogen and oxygen atoms in total. The summed E-state index contributed by atoms with van der Waals surface area (Å²) in [5.41, 5.74) is 8.25. The van der Waals surface area contributed by atoms with E-state index in [-0.39, 0.29) is 0 Å². The lowest BCUT2D eigenvalue weighted by molar-refractivity contribution is 0.273. The van der Waals surface area contributed by atoms with E-state index in [1.165, 1.54) is 12.8 Å². The van der Waals surface area contributed by atoms with Gasteiger partial charge in [0.25, 0.3) is 0 Å². The van der Waals surface area contributed by atoms with Gasteiger partial charge in [0.15, 0.2) is 5.96 Å². The van der Waals surface area contributed by atoms with Crippen molar-refractivity contribution in [2.45, 2.75) is 39.5 Å². The number of nitrogens with two attached hydrogens (primary N) is 1. The van der Waals surface area contributed by atoms with E-state index in [4.69, 9.17) is 10.7 Å². The lowest BCUT2D eigenvalue weighted by atomic mass is 10.00. The number of rotatable bonds is 6. The van der Waals surface area contributed by atoms with Crippen molar-refractivity contribution in [3.05, 3.63) is 41.6 Å². The lowest BCUT2D eigenvalue weighted by Gasteiger charge is -2.33. The zero-order chi connectivity index (χ0) is 20.6. The van der Waals surface area contributed by atoms with Gasteiger partial charge >= 0.3 is 0 Å². The van der Waals surface area contributed by atoms with Gasteiger partial charge in [0, 0.05) is 26.2 Å². The number of benzene rings is 1. The summed E-state index contributed by atoms with van der Waals surface area (Å²) in [6, 6.07) is 11.9. The number of nitrogens with one attached hydrogen (secondary N) is 1. The summed E-state index contributed by atoms with van der Waals surface area (Å²) in [7, 11) is 0. The maximum atomic E-state index is 9.54. The van der Waals surface area contributed by atoms with Crippen LogP contribution in [0, 0.1) is 17.2 Å². The Morgan fingerprint density at radius 2 is 2.03 bits per heavy atom. The van der Waals surface area contributed by atoms with Crippen LogP contribution < -0.4 is 11.1 Å². The fourth-order valence-electron chi connectivity index (χ4n) is 3.62. The quantitative estimate of drug-likeness (QED) is 0.447. The van der Waals surface area contributed by atoms with Crippen molar-refractivity contribution < 1.29 is 0 Å². The van der Waals surface area contributed by atoms with Gasteiger partial charge < -0.3 is 16.0 Å². The molecule has 0 unspecified atom stereocenters. The molecule has 0 atom stereocenters. The summed E-state index contributed by atoms with van der Waals surface area (Å²) in [5.74, 6) is 2.19. The van der Waals surface area contributed by atoms with Crippen molar-refractivity contribution in [3.8, 4) is 11.8 Å². The minimum absolute atomic E-state index is 0.396. The fourth-order valence-corrected chi connectivity index (χ4v) is 3.62. The van der Waals surface area contributed by atoms with Crippen molar-refractivity contribution in [3.63, 3.8) is 0 Å². The molecule has 3 N–H and O–H groups in total. The van der Waals surface area contributed by atoms with E-state index in [1.54, 1.807) is 4.68 Å². The van der Waals surface area contributed by atoms with Crippen molar-refractivity contribution in [1.29, 1.82) is 5.26 Å². The highest BCUT2D eigenvalue weighted by Crippen LogP contribution is 2.21. The molecule has 1 fully saturated rings.